The SMILES string of the molecule is C=C(C)C(=O)OC1c2ccccc2CCC12CCC2. The molecule has 1 atom stereocenters. The average Bonchev–Trinajstić information content (AvgIpc) is 2.37. The first-order valence-electron chi connectivity index (χ1n) is 7.07. The van der Waals surface area contributed by atoms with Gasteiger partial charge in [-0.25, -0.2) is 4.79 Å². The molecular weight excluding hydrogens is 236 g/mol. The standard InChI is InChI=1S/C17H20O2/c1-12(2)16(18)19-15-14-7-4-3-6-13(14)8-11-17(15)9-5-10-17/h3-4,6-7,15H,1,5,8-11H2,2H3. The maximum atomic E-state index is 11.9. The third kappa shape index (κ3) is 1.99. The van der Waals surface area contributed by atoms with Crippen LogP contribution in [0.4, 0.5) is 0 Å². The van der Waals surface area contributed by atoms with Crippen molar-refractivity contribution >= 4 is 5.97 Å². The molecule has 0 radical (unpaired) electrons. The smallest absolute Gasteiger partial charge is 0.333 e. The highest BCUT2D eigenvalue weighted by Gasteiger charge is 2.49. The Hall–Kier alpha value is -1.57. The van der Waals surface area contributed by atoms with Gasteiger partial charge in [-0.15, -0.1) is 0 Å². The molecule has 1 fully saturated rings. The molecule has 0 aliphatic heterocycles. The molecule has 2 aliphatic rings. The Labute approximate surface area is 114 Å². The lowest BCUT2D eigenvalue weighted by atomic mass is 9.58. The molecule has 1 aromatic rings. The van der Waals surface area contributed by atoms with Gasteiger partial charge < -0.3 is 4.74 Å². The van der Waals surface area contributed by atoms with Gasteiger partial charge in [0, 0.05) is 11.0 Å². The number of carbonyl (C=O) groups excluding carboxylic acids is 1. The van der Waals surface area contributed by atoms with Gasteiger partial charge in [0.15, 0.2) is 0 Å². The van der Waals surface area contributed by atoms with Gasteiger partial charge in [-0.1, -0.05) is 37.3 Å². The predicted octanol–water partition coefficient (Wildman–Crippen LogP) is 3.96. The van der Waals surface area contributed by atoms with Crippen LogP contribution in [0.15, 0.2) is 36.4 Å². The highest BCUT2D eigenvalue weighted by atomic mass is 16.5. The van der Waals surface area contributed by atoms with E-state index in [1.54, 1.807) is 6.92 Å². The molecular formula is C17H20O2. The van der Waals surface area contributed by atoms with Crippen molar-refractivity contribution in [2.45, 2.75) is 45.1 Å². The molecule has 2 aliphatic carbocycles. The predicted molar refractivity (Wildman–Crippen MR) is 74.7 cm³/mol. The fourth-order valence-electron chi connectivity index (χ4n) is 3.40. The maximum Gasteiger partial charge on any atom is 0.333 e. The Bertz CT molecular complexity index is 526. The summed E-state index contributed by atoms with van der Waals surface area (Å²) in [5, 5.41) is 0. The minimum absolute atomic E-state index is 0.0737. The average molecular weight is 256 g/mol. The van der Waals surface area contributed by atoms with Crippen LogP contribution in [0.1, 0.15) is 49.8 Å². The van der Waals surface area contributed by atoms with Crippen LogP contribution in [0.25, 0.3) is 0 Å². The lowest BCUT2D eigenvalue weighted by molar-refractivity contribution is -0.160. The Morgan fingerprint density at radius 1 is 1.32 bits per heavy atom. The number of benzene rings is 1. The van der Waals surface area contributed by atoms with Gasteiger partial charge in [0.05, 0.1) is 0 Å². The maximum absolute atomic E-state index is 11.9. The van der Waals surface area contributed by atoms with Gasteiger partial charge in [-0.05, 0) is 43.7 Å². The van der Waals surface area contributed by atoms with Crippen molar-refractivity contribution < 1.29 is 9.53 Å². The van der Waals surface area contributed by atoms with Crippen LogP contribution < -0.4 is 0 Å². The lowest BCUT2D eigenvalue weighted by Gasteiger charge is -2.50. The molecule has 1 saturated carbocycles. The number of esters is 1. The molecule has 0 heterocycles. The highest BCUT2D eigenvalue weighted by molar-refractivity contribution is 5.87. The quantitative estimate of drug-likeness (QED) is 0.591. The second-order valence-electron chi connectivity index (χ2n) is 5.98. The number of hydrogen-bond acceptors (Lipinski definition) is 2. The van der Waals surface area contributed by atoms with Crippen LogP contribution in [0.5, 0.6) is 0 Å². The van der Waals surface area contributed by atoms with E-state index in [1.165, 1.54) is 30.4 Å². The van der Waals surface area contributed by atoms with E-state index >= 15 is 0 Å². The van der Waals surface area contributed by atoms with E-state index in [0.29, 0.717) is 5.57 Å². The third-order valence-corrected chi connectivity index (χ3v) is 4.71. The zero-order valence-electron chi connectivity index (χ0n) is 11.4. The Balaban J connectivity index is 1.96. The summed E-state index contributed by atoms with van der Waals surface area (Å²) in [4.78, 5) is 11.9. The largest absolute Gasteiger partial charge is 0.454 e. The molecule has 3 rings (SSSR count). The van der Waals surface area contributed by atoms with E-state index < -0.39 is 0 Å². The van der Waals surface area contributed by atoms with Gasteiger partial charge >= 0.3 is 5.97 Å². The van der Waals surface area contributed by atoms with Crippen LogP contribution in [0.3, 0.4) is 0 Å². The molecule has 0 saturated heterocycles. The van der Waals surface area contributed by atoms with E-state index in [0.717, 1.165) is 12.8 Å². The summed E-state index contributed by atoms with van der Waals surface area (Å²) < 4.78 is 5.80. The molecule has 100 valence electrons. The molecule has 1 aromatic carbocycles. The monoisotopic (exact) mass is 256 g/mol. The molecule has 1 spiro atoms. The molecule has 2 heteroatoms. The van der Waals surface area contributed by atoms with Gasteiger partial charge in [0.1, 0.15) is 6.10 Å². The van der Waals surface area contributed by atoms with Crippen LogP contribution in [0, 0.1) is 5.41 Å². The van der Waals surface area contributed by atoms with E-state index in [9.17, 15) is 4.79 Å². The van der Waals surface area contributed by atoms with E-state index in [-0.39, 0.29) is 17.5 Å². The number of fused-ring (bicyclic) bond motifs is 1. The number of rotatable bonds is 2. The zero-order chi connectivity index (χ0) is 13.5. The molecule has 1 unspecified atom stereocenters. The summed E-state index contributed by atoms with van der Waals surface area (Å²) in [6.07, 6.45) is 5.78. The normalized spacial score (nSPS) is 23.3. The minimum atomic E-state index is -0.257. The van der Waals surface area contributed by atoms with Crippen LogP contribution >= 0.6 is 0 Å². The van der Waals surface area contributed by atoms with Gasteiger partial charge in [-0.2, -0.15) is 0 Å². The van der Waals surface area contributed by atoms with E-state index in [1.807, 2.05) is 6.07 Å². The fraction of sp³-hybridized carbons (Fsp3) is 0.471. The first kappa shape index (κ1) is 12.5. The first-order chi connectivity index (χ1) is 9.12. The van der Waals surface area contributed by atoms with E-state index in [4.69, 9.17) is 4.74 Å². The lowest BCUT2D eigenvalue weighted by Crippen LogP contribution is -2.41. The summed E-state index contributed by atoms with van der Waals surface area (Å²) in [6.45, 7) is 5.41. The number of hydrogen-bond donors (Lipinski definition) is 0. The third-order valence-electron chi connectivity index (χ3n) is 4.71. The Kier molecular flexibility index (Phi) is 2.96. The van der Waals surface area contributed by atoms with Gasteiger partial charge in [-0.3, -0.25) is 0 Å². The second-order valence-corrected chi connectivity index (χ2v) is 5.98. The van der Waals surface area contributed by atoms with Crippen LogP contribution in [0.2, 0.25) is 0 Å². The van der Waals surface area contributed by atoms with Crippen molar-refractivity contribution in [2.75, 3.05) is 0 Å². The van der Waals surface area contributed by atoms with Crippen LogP contribution in [-0.4, -0.2) is 5.97 Å². The Morgan fingerprint density at radius 2 is 2.05 bits per heavy atom. The van der Waals surface area contributed by atoms with Crippen molar-refractivity contribution in [3.05, 3.63) is 47.5 Å². The number of aryl methyl sites for hydroxylation is 1. The molecule has 19 heavy (non-hydrogen) atoms. The summed E-state index contributed by atoms with van der Waals surface area (Å²) >= 11 is 0. The fourth-order valence-corrected chi connectivity index (χ4v) is 3.40. The Morgan fingerprint density at radius 3 is 2.68 bits per heavy atom. The van der Waals surface area contributed by atoms with Crippen molar-refractivity contribution in [3.63, 3.8) is 0 Å². The van der Waals surface area contributed by atoms with Crippen molar-refractivity contribution in [1.29, 1.82) is 0 Å². The molecule has 0 bridgehead atoms. The number of ether oxygens (including phenoxy) is 1. The summed E-state index contributed by atoms with van der Waals surface area (Å²) in [5.74, 6) is -0.257. The number of carbonyl (C=O) groups is 1. The van der Waals surface area contributed by atoms with Crippen molar-refractivity contribution in [2.24, 2.45) is 5.41 Å². The first-order valence-corrected chi connectivity index (χ1v) is 7.07. The molecule has 0 N–H and O–H groups in total. The van der Waals surface area contributed by atoms with Gasteiger partial charge in [0.25, 0.3) is 0 Å². The molecule has 0 aromatic heterocycles. The molecule has 2 nitrogen and oxygen atoms in total. The zero-order valence-corrected chi connectivity index (χ0v) is 11.4. The minimum Gasteiger partial charge on any atom is -0.454 e. The molecule has 0 amide bonds. The van der Waals surface area contributed by atoms with Crippen molar-refractivity contribution in [3.8, 4) is 0 Å². The summed E-state index contributed by atoms with van der Waals surface area (Å²) in [6, 6.07) is 8.38. The topological polar surface area (TPSA) is 26.3 Å². The summed E-state index contributed by atoms with van der Waals surface area (Å²) in [5.41, 5.74) is 3.22. The summed E-state index contributed by atoms with van der Waals surface area (Å²) in [7, 11) is 0. The highest BCUT2D eigenvalue weighted by Crippen LogP contribution is 2.58. The van der Waals surface area contributed by atoms with Gasteiger partial charge in [0.2, 0.25) is 0 Å². The van der Waals surface area contributed by atoms with E-state index in [2.05, 4.69) is 24.8 Å². The van der Waals surface area contributed by atoms with Crippen LogP contribution in [-0.2, 0) is 16.0 Å². The second kappa shape index (κ2) is 4.52. The van der Waals surface area contributed by atoms with Crippen molar-refractivity contribution in [1.82, 2.24) is 0 Å².